The van der Waals surface area contributed by atoms with Gasteiger partial charge in [-0.25, -0.2) is 0 Å². The molecule has 1 aromatic carbocycles. The van der Waals surface area contributed by atoms with Crippen LogP contribution in [0, 0.1) is 6.92 Å². The molecule has 2 N–H and O–H groups in total. The number of halogens is 1. The molecule has 2 aromatic heterocycles. The van der Waals surface area contributed by atoms with E-state index >= 15 is 0 Å². The molecule has 0 bridgehead atoms. The first-order valence-electron chi connectivity index (χ1n) is 6.49. The van der Waals surface area contributed by atoms with Gasteiger partial charge in [-0.05, 0) is 24.6 Å². The van der Waals surface area contributed by atoms with Gasteiger partial charge < -0.3 is 5.73 Å². The summed E-state index contributed by atoms with van der Waals surface area (Å²) in [5, 5.41) is 4.54. The predicted molar refractivity (Wildman–Crippen MR) is 85.6 cm³/mol. The van der Waals surface area contributed by atoms with E-state index in [4.69, 9.17) is 5.73 Å². The molecular weight excluding hydrogens is 330 g/mol. The van der Waals surface area contributed by atoms with E-state index in [1.54, 1.807) is 12.4 Å². The number of hydrogen-bond acceptors (Lipinski definition) is 4. The van der Waals surface area contributed by atoms with E-state index in [0.717, 1.165) is 21.4 Å². The molecule has 0 fully saturated rings. The topological polar surface area (TPSA) is 69.6 Å². The SMILES string of the molecule is Cc1nccnc1-c1nn(Cc2ccc(Br)cc2)cc1N. The van der Waals surface area contributed by atoms with E-state index in [1.165, 1.54) is 0 Å². The Morgan fingerprint density at radius 3 is 2.52 bits per heavy atom. The van der Waals surface area contributed by atoms with Crippen LogP contribution in [-0.2, 0) is 6.54 Å². The Morgan fingerprint density at radius 2 is 1.81 bits per heavy atom. The van der Waals surface area contributed by atoms with Gasteiger partial charge in [0.2, 0.25) is 0 Å². The lowest BCUT2D eigenvalue weighted by molar-refractivity contribution is 0.688. The van der Waals surface area contributed by atoms with Crippen LogP contribution >= 0.6 is 15.9 Å². The number of nitrogens with two attached hydrogens (primary N) is 1. The van der Waals surface area contributed by atoms with Crippen LogP contribution in [0.1, 0.15) is 11.3 Å². The summed E-state index contributed by atoms with van der Waals surface area (Å²) in [6, 6.07) is 8.12. The quantitative estimate of drug-likeness (QED) is 0.793. The Labute approximate surface area is 131 Å². The zero-order chi connectivity index (χ0) is 14.8. The summed E-state index contributed by atoms with van der Waals surface area (Å²) in [6.45, 7) is 2.56. The van der Waals surface area contributed by atoms with Gasteiger partial charge in [0.05, 0.1) is 17.9 Å². The van der Waals surface area contributed by atoms with E-state index in [1.807, 2.05) is 29.9 Å². The molecule has 0 radical (unpaired) electrons. The molecule has 0 atom stereocenters. The van der Waals surface area contributed by atoms with Gasteiger partial charge in [-0.2, -0.15) is 5.10 Å². The van der Waals surface area contributed by atoms with Crippen molar-refractivity contribution in [3.63, 3.8) is 0 Å². The number of anilines is 1. The maximum atomic E-state index is 6.06. The minimum atomic E-state index is 0.607. The van der Waals surface area contributed by atoms with Crippen LogP contribution < -0.4 is 5.73 Å². The molecule has 5 nitrogen and oxygen atoms in total. The summed E-state index contributed by atoms with van der Waals surface area (Å²) in [7, 11) is 0. The van der Waals surface area contributed by atoms with Gasteiger partial charge in [0.1, 0.15) is 11.4 Å². The summed E-state index contributed by atoms with van der Waals surface area (Å²) in [5.41, 5.74) is 10.0. The van der Waals surface area contributed by atoms with E-state index in [-0.39, 0.29) is 0 Å². The van der Waals surface area contributed by atoms with Crippen molar-refractivity contribution in [2.75, 3.05) is 5.73 Å². The van der Waals surface area contributed by atoms with Gasteiger partial charge in [-0.15, -0.1) is 0 Å². The zero-order valence-corrected chi connectivity index (χ0v) is 13.1. The maximum absolute atomic E-state index is 6.06. The summed E-state index contributed by atoms with van der Waals surface area (Å²) in [5.74, 6) is 0. The molecular formula is C15H14BrN5. The second-order valence-corrected chi connectivity index (χ2v) is 5.66. The highest BCUT2D eigenvalue weighted by molar-refractivity contribution is 9.10. The Balaban J connectivity index is 1.91. The number of rotatable bonds is 3. The normalized spacial score (nSPS) is 10.8. The van der Waals surface area contributed by atoms with Crippen molar-refractivity contribution >= 4 is 21.6 Å². The van der Waals surface area contributed by atoms with Gasteiger partial charge in [-0.1, -0.05) is 28.1 Å². The highest BCUT2D eigenvalue weighted by Crippen LogP contribution is 2.24. The summed E-state index contributed by atoms with van der Waals surface area (Å²) in [6.07, 6.45) is 5.13. The molecule has 0 aliphatic carbocycles. The Kier molecular flexibility index (Phi) is 3.70. The fraction of sp³-hybridized carbons (Fsp3) is 0.133. The second kappa shape index (κ2) is 5.65. The number of nitrogen functional groups attached to an aromatic ring is 1. The summed E-state index contributed by atoms with van der Waals surface area (Å²) in [4.78, 5) is 8.54. The average molecular weight is 344 g/mol. The van der Waals surface area contributed by atoms with E-state index in [2.05, 4.69) is 43.1 Å². The lowest BCUT2D eigenvalue weighted by atomic mass is 10.2. The van der Waals surface area contributed by atoms with Crippen molar-refractivity contribution in [3.05, 3.63) is 58.6 Å². The largest absolute Gasteiger partial charge is 0.396 e. The number of hydrogen-bond donors (Lipinski definition) is 1. The average Bonchev–Trinajstić information content (AvgIpc) is 2.83. The summed E-state index contributed by atoms with van der Waals surface area (Å²) < 4.78 is 2.88. The van der Waals surface area contributed by atoms with Crippen molar-refractivity contribution in [1.82, 2.24) is 19.7 Å². The highest BCUT2D eigenvalue weighted by Gasteiger charge is 2.13. The molecule has 6 heteroatoms. The third-order valence-corrected chi connectivity index (χ3v) is 3.68. The van der Waals surface area contributed by atoms with E-state index < -0.39 is 0 Å². The third-order valence-electron chi connectivity index (χ3n) is 3.15. The molecule has 0 spiro atoms. The van der Waals surface area contributed by atoms with Gasteiger partial charge in [-0.3, -0.25) is 14.6 Å². The first kappa shape index (κ1) is 13.8. The minimum absolute atomic E-state index is 0.607. The molecule has 0 aliphatic heterocycles. The lowest BCUT2D eigenvalue weighted by Crippen LogP contribution is -2.01. The monoisotopic (exact) mass is 343 g/mol. The van der Waals surface area contributed by atoms with Crippen molar-refractivity contribution in [1.29, 1.82) is 0 Å². The van der Waals surface area contributed by atoms with Crippen LogP contribution in [0.2, 0.25) is 0 Å². The van der Waals surface area contributed by atoms with Crippen LogP contribution in [0.15, 0.2) is 47.3 Å². The number of benzene rings is 1. The highest BCUT2D eigenvalue weighted by atomic mass is 79.9. The molecule has 3 rings (SSSR count). The fourth-order valence-corrected chi connectivity index (χ4v) is 2.38. The van der Waals surface area contributed by atoms with Gasteiger partial charge >= 0.3 is 0 Å². The number of aryl methyl sites for hydroxylation is 1. The fourth-order valence-electron chi connectivity index (χ4n) is 2.12. The number of aromatic nitrogens is 4. The maximum Gasteiger partial charge on any atom is 0.135 e. The van der Waals surface area contributed by atoms with Crippen LogP contribution in [0.3, 0.4) is 0 Å². The third kappa shape index (κ3) is 2.95. The second-order valence-electron chi connectivity index (χ2n) is 4.75. The van der Waals surface area contributed by atoms with Crippen LogP contribution in [0.5, 0.6) is 0 Å². The molecule has 0 unspecified atom stereocenters. The Hall–Kier alpha value is -2.21. The first-order chi connectivity index (χ1) is 10.1. The smallest absolute Gasteiger partial charge is 0.135 e. The van der Waals surface area contributed by atoms with Crippen LogP contribution in [0.4, 0.5) is 5.69 Å². The van der Waals surface area contributed by atoms with Gasteiger partial charge in [0.15, 0.2) is 0 Å². The van der Waals surface area contributed by atoms with E-state index in [9.17, 15) is 0 Å². The Morgan fingerprint density at radius 1 is 1.10 bits per heavy atom. The molecule has 0 saturated heterocycles. The Bertz CT molecular complexity index is 764. The molecule has 0 amide bonds. The lowest BCUT2D eigenvalue weighted by Gasteiger charge is -2.02. The minimum Gasteiger partial charge on any atom is -0.396 e. The van der Waals surface area contributed by atoms with Gasteiger partial charge in [0.25, 0.3) is 0 Å². The molecule has 0 aliphatic rings. The van der Waals surface area contributed by atoms with Gasteiger partial charge in [0, 0.05) is 23.1 Å². The van der Waals surface area contributed by atoms with Crippen molar-refractivity contribution < 1.29 is 0 Å². The zero-order valence-electron chi connectivity index (χ0n) is 11.5. The molecule has 21 heavy (non-hydrogen) atoms. The van der Waals surface area contributed by atoms with Crippen LogP contribution in [0.25, 0.3) is 11.4 Å². The van der Waals surface area contributed by atoms with Crippen molar-refractivity contribution in [2.45, 2.75) is 13.5 Å². The number of nitrogens with zero attached hydrogens (tertiary/aromatic N) is 4. The van der Waals surface area contributed by atoms with Crippen molar-refractivity contribution in [2.24, 2.45) is 0 Å². The molecule has 3 aromatic rings. The predicted octanol–water partition coefficient (Wildman–Crippen LogP) is 3.04. The summed E-state index contributed by atoms with van der Waals surface area (Å²) >= 11 is 3.43. The van der Waals surface area contributed by atoms with E-state index in [0.29, 0.717) is 17.9 Å². The standard InChI is InChI=1S/C15H14BrN5/c1-10-14(19-7-6-18-10)15-13(17)9-21(20-15)8-11-2-4-12(16)5-3-11/h2-7,9H,8,17H2,1H3. The molecule has 2 heterocycles. The molecule has 0 saturated carbocycles. The van der Waals surface area contributed by atoms with Crippen LogP contribution in [-0.4, -0.2) is 19.7 Å². The molecule has 106 valence electrons. The first-order valence-corrected chi connectivity index (χ1v) is 7.28. The van der Waals surface area contributed by atoms with Crippen molar-refractivity contribution in [3.8, 4) is 11.4 Å².